The molecule has 160 valence electrons. The zero-order valence-corrected chi connectivity index (χ0v) is 19.9. The Bertz CT molecular complexity index is 1110. The van der Waals surface area contributed by atoms with Crippen LogP contribution < -0.4 is 10.9 Å². The number of aryl methyl sites for hydroxylation is 1. The first-order valence-corrected chi connectivity index (χ1v) is 11.5. The van der Waals surface area contributed by atoms with Crippen LogP contribution in [0.5, 0.6) is 0 Å². The molecule has 0 aliphatic rings. The summed E-state index contributed by atoms with van der Waals surface area (Å²) in [7, 11) is 0. The number of hydrogen-bond acceptors (Lipinski definition) is 5. The van der Waals surface area contributed by atoms with Crippen LogP contribution in [0.15, 0.2) is 40.2 Å². The Balaban J connectivity index is 1.88. The summed E-state index contributed by atoms with van der Waals surface area (Å²) in [5.41, 5.74) is 2.40. The van der Waals surface area contributed by atoms with E-state index in [4.69, 9.17) is 11.6 Å². The van der Waals surface area contributed by atoms with Crippen molar-refractivity contribution in [3.05, 3.63) is 51.4 Å². The first-order chi connectivity index (χ1) is 14.2. The van der Waals surface area contributed by atoms with Crippen molar-refractivity contribution in [2.45, 2.75) is 64.2 Å². The van der Waals surface area contributed by atoms with Crippen LogP contribution in [0.1, 0.15) is 52.6 Å². The predicted molar refractivity (Wildman–Crippen MR) is 128 cm³/mol. The van der Waals surface area contributed by atoms with Gasteiger partial charge in [-0.3, -0.25) is 9.36 Å². The van der Waals surface area contributed by atoms with Gasteiger partial charge in [0.25, 0.3) is 5.56 Å². The molecule has 0 spiro atoms. The normalized spacial score (nSPS) is 12.7. The lowest BCUT2D eigenvalue weighted by Gasteiger charge is -2.16. The van der Waals surface area contributed by atoms with Gasteiger partial charge in [-0.25, -0.2) is 4.98 Å². The molecule has 1 unspecified atom stereocenters. The molecule has 7 heteroatoms. The smallest absolute Gasteiger partial charge is 0.271 e. The minimum atomic E-state index is -0.239. The summed E-state index contributed by atoms with van der Waals surface area (Å²) in [5.74, 6) is 1.15. The number of aromatic nitrogens is 3. The van der Waals surface area contributed by atoms with Crippen molar-refractivity contribution < 1.29 is 0 Å². The number of thioether (sulfide) groups is 1. The molecule has 0 aliphatic heterocycles. The number of pyridine rings is 1. The fraction of sp³-hybridized carbons (Fsp3) is 0.435. The lowest BCUT2D eigenvalue weighted by Crippen LogP contribution is -2.23. The topological polar surface area (TPSA) is 59.8 Å². The lowest BCUT2D eigenvalue weighted by atomic mass is 10.1. The maximum Gasteiger partial charge on any atom is 0.271 e. The molecule has 0 saturated carbocycles. The Hall–Kier alpha value is -2.05. The number of fused-ring (bicyclic) bond motifs is 1. The number of benzene rings is 1. The van der Waals surface area contributed by atoms with Crippen molar-refractivity contribution in [2.24, 2.45) is 5.92 Å². The minimum Gasteiger partial charge on any atom is -0.324 e. The van der Waals surface area contributed by atoms with Gasteiger partial charge in [0, 0.05) is 33.5 Å². The summed E-state index contributed by atoms with van der Waals surface area (Å²) in [6.45, 7) is 12.7. The second-order valence-corrected chi connectivity index (χ2v) is 10.3. The highest BCUT2D eigenvalue weighted by Crippen LogP contribution is 2.31. The van der Waals surface area contributed by atoms with Crippen LogP contribution >= 0.6 is 23.4 Å². The van der Waals surface area contributed by atoms with E-state index in [0.29, 0.717) is 22.8 Å². The number of nitrogens with zero attached hydrogens (tertiary/aromatic N) is 3. The highest BCUT2D eigenvalue weighted by atomic mass is 35.5. The van der Waals surface area contributed by atoms with Gasteiger partial charge < -0.3 is 5.32 Å². The Morgan fingerprint density at radius 3 is 2.53 bits per heavy atom. The summed E-state index contributed by atoms with van der Waals surface area (Å²) < 4.78 is 1.60. The van der Waals surface area contributed by atoms with Gasteiger partial charge in [-0.2, -0.15) is 4.98 Å². The van der Waals surface area contributed by atoms with Crippen molar-refractivity contribution in [3.8, 4) is 0 Å². The van der Waals surface area contributed by atoms with E-state index >= 15 is 0 Å². The molecule has 1 atom stereocenters. The van der Waals surface area contributed by atoms with E-state index in [1.54, 1.807) is 16.8 Å². The van der Waals surface area contributed by atoms with Crippen LogP contribution in [0.4, 0.5) is 11.6 Å². The maximum absolute atomic E-state index is 12.5. The van der Waals surface area contributed by atoms with Gasteiger partial charge in [0.2, 0.25) is 5.95 Å². The molecule has 0 radical (unpaired) electrons. The second kappa shape index (κ2) is 9.40. The zero-order valence-electron chi connectivity index (χ0n) is 18.4. The fourth-order valence-corrected chi connectivity index (χ4v) is 5.09. The average Bonchev–Trinajstić information content (AvgIpc) is 2.64. The van der Waals surface area contributed by atoms with E-state index in [1.165, 1.54) is 11.3 Å². The highest BCUT2D eigenvalue weighted by molar-refractivity contribution is 7.99. The number of anilines is 2. The third kappa shape index (κ3) is 5.16. The molecule has 0 bridgehead atoms. The van der Waals surface area contributed by atoms with Gasteiger partial charge in [0.15, 0.2) is 0 Å². The predicted octanol–water partition coefficient (Wildman–Crippen LogP) is 6.60. The van der Waals surface area contributed by atoms with Crippen molar-refractivity contribution in [2.75, 3.05) is 5.32 Å². The van der Waals surface area contributed by atoms with Gasteiger partial charge >= 0.3 is 0 Å². The van der Waals surface area contributed by atoms with Gasteiger partial charge in [-0.05, 0) is 62.9 Å². The summed E-state index contributed by atoms with van der Waals surface area (Å²) in [4.78, 5) is 22.8. The Morgan fingerprint density at radius 1 is 1.17 bits per heavy atom. The summed E-state index contributed by atoms with van der Waals surface area (Å²) in [5, 5.41) is 4.79. The van der Waals surface area contributed by atoms with Crippen molar-refractivity contribution >= 4 is 46.0 Å². The fourth-order valence-electron chi connectivity index (χ4n) is 3.54. The van der Waals surface area contributed by atoms with Crippen molar-refractivity contribution in [1.29, 1.82) is 0 Å². The first kappa shape index (κ1) is 22.6. The monoisotopic (exact) mass is 444 g/mol. The number of rotatable bonds is 7. The third-order valence-electron chi connectivity index (χ3n) is 4.83. The van der Waals surface area contributed by atoms with E-state index in [0.717, 1.165) is 16.6 Å². The van der Waals surface area contributed by atoms with Crippen LogP contribution in [-0.4, -0.2) is 19.8 Å². The maximum atomic E-state index is 12.5. The Labute approximate surface area is 187 Å². The second-order valence-electron chi connectivity index (χ2n) is 8.39. The molecule has 0 aliphatic carbocycles. The van der Waals surface area contributed by atoms with E-state index < -0.39 is 0 Å². The molecule has 3 aromatic rings. The summed E-state index contributed by atoms with van der Waals surface area (Å²) in [6.07, 6.45) is 2.89. The Kier molecular flexibility index (Phi) is 7.09. The molecule has 2 heterocycles. The standard InChI is InChI=1S/C23H29ClN4OS/c1-13(2)9-16(6)30-18-7-8-20(15(5)10-18)26-23-25-12-17-11-19(24)22(29)28(14(3)4)21(17)27-23/h7-8,10-14,16H,9H2,1-6H3,(H,25,26,27). The summed E-state index contributed by atoms with van der Waals surface area (Å²) >= 11 is 8.00. The quantitative estimate of drug-likeness (QED) is 0.415. The van der Waals surface area contributed by atoms with E-state index in [-0.39, 0.29) is 16.6 Å². The van der Waals surface area contributed by atoms with E-state index in [2.05, 4.69) is 61.2 Å². The molecular weight excluding hydrogens is 416 g/mol. The molecule has 1 aromatic carbocycles. The molecule has 0 amide bonds. The minimum absolute atomic E-state index is 0.0627. The molecule has 5 nitrogen and oxygen atoms in total. The number of nitrogens with one attached hydrogen (secondary N) is 1. The average molecular weight is 445 g/mol. The first-order valence-electron chi connectivity index (χ1n) is 10.3. The molecule has 1 N–H and O–H groups in total. The van der Waals surface area contributed by atoms with E-state index in [9.17, 15) is 4.79 Å². The molecule has 30 heavy (non-hydrogen) atoms. The van der Waals surface area contributed by atoms with Crippen LogP contribution in [0.3, 0.4) is 0 Å². The SMILES string of the molecule is Cc1cc(SC(C)CC(C)C)ccc1Nc1ncc2cc(Cl)c(=O)n(C(C)C)c2n1. The van der Waals surface area contributed by atoms with Crippen molar-refractivity contribution in [1.82, 2.24) is 14.5 Å². The molecule has 2 aromatic heterocycles. The van der Waals surface area contributed by atoms with Crippen molar-refractivity contribution in [3.63, 3.8) is 0 Å². The third-order valence-corrected chi connectivity index (χ3v) is 6.22. The van der Waals surface area contributed by atoms with Gasteiger partial charge in [-0.15, -0.1) is 11.8 Å². The molecular formula is C23H29ClN4OS. The van der Waals surface area contributed by atoms with Crippen LogP contribution in [0, 0.1) is 12.8 Å². The largest absolute Gasteiger partial charge is 0.324 e. The van der Waals surface area contributed by atoms with E-state index in [1.807, 2.05) is 25.6 Å². The highest BCUT2D eigenvalue weighted by Gasteiger charge is 2.14. The molecule has 3 rings (SSSR count). The van der Waals surface area contributed by atoms with Gasteiger partial charge in [-0.1, -0.05) is 32.4 Å². The Morgan fingerprint density at radius 2 is 1.90 bits per heavy atom. The van der Waals surface area contributed by atoms with Crippen LogP contribution in [0.2, 0.25) is 5.02 Å². The lowest BCUT2D eigenvalue weighted by molar-refractivity contribution is 0.585. The zero-order chi connectivity index (χ0) is 22.0. The molecule has 0 fully saturated rings. The molecule has 0 saturated heterocycles. The van der Waals surface area contributed by atoms with Gasteiger partial charge in [0.1, 0.15) is 10.7 Å². The van der Waals surface area contributed by atoms with Gasteiger partial charge in [0.05, 0.1) is 0 Å². The summed E-state index contributed by atoms with van der Waals surface area (Å²) in [6, 6.07) is 7.94. The number of hydrogen-bond donors (Lipinski definition) is 1. The van der Waals surface area contributed by atoms with Crippen LogP contribution in [-0.2, 0) is 0 Å². The van der Waals surface area contributed by atoms with Crippen LogP contribution in [0.25, 0.3) is 11.0 Å². The number of halogens is 1.